The number of carbonyl (C=O) groups excluding carboxylic acids is 1. The predicted molar refractivity (Wildman–Crippen MR) is 78.5 cm³/mol. The Labute approximate surface area is 124 Å². The number of hydrogen-bond donors (Lipinski definition) is 0. The maximum atomic E-state index is 11.8. The van der Waals surface area contributed by atoms with Crippen molar-refractivity contribution >= 4 is 11.7 Å². The van der Waals surface area contributed by atoms with Crippen LogP contribution in [0.25, 0.3) is 0 Å². The van der Waals surface area contributed by atoms with Gasteiger partial charge in [-0.2, -0.15) is 0 Å². The van der Waals surface area contributed by atoms with Gasteiger partial charge in [-0.3, -0.25) is 0 Å². The van der Waals surface area contributed by atoms with Crippen molar-refractivity contribution in [2.45, 2.75) is 25.6 Å². The highest BCUT2D eigenvalue weighted by atomic mass is 16.7. The average molecular weight is 291 g/mol. The Morgan fingerprint density at radius 2 is 2.00 bits per heavy atom. The van der Waals surface area contributed by atoms with E-state index in [-0.39, 0.29) is 11.8 Å². The number of hydrogen-bond acceptors (Lipinski definition) is 5. The van der Waals surface area contributed by atoms with Gasteiger partial charge in [0, 0.05) is 31.6 Å². The highest BCUT2D eigenvalue weighted by Gasteiger charge is 2.39. The van der Waals surface area contributed by atoms with Gasteiger partial charge in [-0.15, -0.1) is 0 Å². The molecule has 0 atom stereocenters. The Morgan fingerprint density at radius 1 is 1.29 bits per heavy atom. The van der Waals surface area contributed by atoms with Gasteiger partial charge in [0.15, 0.2) is 5.79 Å². The summed E-state index contributed by atoms with van der Waals surface area (Å²) in [6.45, 7) is 5.33. The van der Waals surface area contributed by atoms with Gasteiger partial charge < -0.3 is 19.1 Å². The molecule has 2 saturated heterocycles. The van der Waals surface area contributed by atoms with Crippen molar-refractivity contribution in [3.05, 3.63) is 29.8 Å². The van der Waals surface area contributed by atoms with Gasteiger partial charge in [0.2, 0.25) is 0 Å². The Balaban J connectivity index is 1.67. The van der Waals surface area contributed by atoms with Crippen molar-refractivity contribution in [3.63, 3.8) is 0 Å². The summed E-state index contributed by atoms with van der Waals surface area (Å²) in [5.41, 5.74) is 1.65. The van der Waals surface area contributed by atoms with Crippen LogP contribution in [0.4, 0.5) is 5.69 Å². The van der Waals surface area contributed by atoms with E-state index in [2.05, 4.69) is 4.90 Å². The van der Waals surface area contributed by atoms with E-state index in [1.807, 2.05) is 25.1 Å². The lowest BCUT2D eigenvalue weighted by Crippen LogP contribution is -2.45. The molecular weight excluding hydrogens is 270 g/mol. The van der Waals surface area contributed by atoms with Crippen LogP contribution in [0.15, 0.2) is 24.3 Å². The lowest BCUT2D eigenvalue weighted by molar-refractivity contribution is -0.169. The van der Waals surface area contributed by atoms with Crippen molar-refractivity contribution in [3.8, 4) is 0 Å². The summed E-state index contributed by atoms with van der Waals surface area (Å²) in [6.07, 6.45) is 1.72. The van der Waals surface area contributed by atoms with Gasteiger partial charge in [0.25, 0.3) is 0 Å². The van der Waals surface area contributed by atoms with E-state index in [0.29, 0.717) is 25.4 Å². The number of piperidine rings is 1. The zero-order chi connectivity index (χ0) is 14.7. The summed E-state index contributed by atoms with van der Waals surface area (Å²) >= 11 is 0. The topological polar surface area (TPSA) is 48.0 Å². The summed E-state index contributed by atoms with van der Waals surface area (Å²) in [4.78, 5) is 14.1. The third-order valence-electron chi connectivity index (χ3n) is 4.06. The smallest absolute Gasteiger partial charge is 0.338 e. The fraction of sp³-hybridized carbons (Fsp3) is 0.562. The van der Waals surface area contributed by atoms with Crippen LogP contribution in [-0.4, -0.2) is 44.7 Å². The molecule has 0 radical (unpaired) electrons. The van der Waals surface area contributed by atoms with Gasteiger partial charge >= 0.3 is 5.97 Å². The van der Waals surface area contributed by atoms with E-state index in [0.717, 1.165) is 31.6 Å². The molecule has 114 valence electrons. The quantitative estimate of drug-likeness (QED) is 0.799. The van der Waals surface area contributed by atoms with Crippen molar-refractivity contribution in [1.29, 1.82) is 0 Å². The van der Waals surface area contributed by atoms with E-state index in [1.165, 1.54) is 0 Å². The molecule has 1 aromatic rings. The minimum atomic E-state index is -0.366. The zero-order valence-electron chi connectivity index (χ0n) is 12.3. The Kier molecular flexibility index (Phi) is 4.12. The molecule has 0 bridgehead atoms. The van der Waals surface area contributed by atoms with E-state index < -0.39 is 0 Å². The molecule has 1 aromatic carbocycles. The number of anilines is 1. The van der Waals surface area contributed by atoms with Gasteiger partial charge in [0.05, 0.1) is 25.4 Å². The molecule has 0 aromatic heterocycles. The summed E-state index contributed by atoms with van der Waals surface area (Å²) in [6, 6.07) is 7.61. The average Bonchev–Trinajstić information content (AvgIpc) is 2.97. The Bertz CT molecular complexity index is 501. The standard InChI is InChI=1S/C16H21NO4/c1-2-19-15(18)13-4-3-5-14(12-13)17-8-6-16(7-9-17)20-10-11-21-16/h3-5,12H,2,6-11H2,1H3. The maximum Gasteiger partial charge on any atom is 0.338 e. The first-order valence-corrected chi connectivity index (χ1v) is 7.52. The minimum absolute atomic E-state index is 0.268. The maximum absolute atomic E-state index is 11.8. The number of rotatable bonds is 3. The van der Waals surface area contributed by atoms with Crippen LogP contribution in [0, 0.1) is 0 Å². The molecule has 3 rings (SSSR count). The molecule has 0 saturated carbocycles. The van der Waals surface area contributed by atoms with Gasteiger partial charge in [-0.25, -0.2) is 4.79 Å². The van der Waals surface area contributed by atoms with Crippen LogP contribution >= 0.6 is 0 Å². The van der Waals surface area contributed by atoms with Crippen molar-refractivity contribution in [2.24, 2.45) is 0 Å². The summed E-state index contributed by atoms with van der Waals surface area (Å²) in [7, 11) is 0. The van der Waals surface area contributed by atoms with E-state index in [9.17, 15) is 4.79 Å². The Hall–Kier alpha value is -1.59. The first-order valence-electron chi connectivity index (χ1n) is 7.52. The minimum Gasteiger partial charge on any atom is -0.462 e. The van der Waals surface area contributed by atoms with Crippen LogP contribution in [0.5, 0.6) is 0 Å². The fourth-order valence-electron chi connectivity index (χ4n) is 2.94. The molecule has 2 fully saturated rings. The molecule has 2 heterocycles. The molecule has 0 unspecified atom stereocenters. The van der Waals surface area contributed by atoms with Crippen LogP contribution in [0.3, 0.4) is 0 Å². The molecule has 5 nitrogen and oxygen atoms in total. The monoisotopic (exact) mass is 291 g/mol. The number of esters is 1. The first kappa shape index (κ1) is 14.4. The second kappa shape index (κ2) is 6.03. The van der Waals surface area contributed by atoms with Crippen LogP contribution in [0.1, 0.15) is 30.1 Å². The van der Waals surface area contributed by atoms with E-state index >= 15 is 0 Å². The van der Waals surface area contributed by atoms with Gasteiger partial charge in [0.1, 0.15) is 0 Å². The SMILES string of the molecule is CCOC(=O)c1cccc(N2CCC3(CC2)OCCO3)c1. The highest BCUT2D eigenvalue weighted by Crippen LogP contribution is 2.33. The lowest BCUT2D eigenvalue weighted by atomic mass is 10.0. The molecule has 1 spiro atoms. The number of carbonyl (C=O) groups is 1. The molecule has 5 heteroatoms. The molecular formula is C16H21NO4. The van der Waals surface area contributed by atoms with Gasteiger partial charge in [-0.1, -0.05) is 6.07 Å². The third-order valence-corrected chi connectivity index (χ3v) is 4.06. The summed E-state index contributed by atoms with van der Waals surface area (Å²) in [5, 5.41) is 0. The normalized spacial score (nSPS) is 20.7. The van der Waals surface area contributed by atoms with E-state index in [1.54, 1.807) is 6.07 Å². The summed E-state index contributed by atoms with van der Waals surface area (Å²) < 4.78 is 16.5. The largest absolute Gasteiger partial charge is 0.462 e. The van der Waals surface area contributed by atoms with Crippen molar-refractivity contribution < 1.29 is 19.0 Å². The third kappa shape index (κ3) is 3.04. The van der Waals surface area contributed by atoms with Crippen molar-refractivity contribution in [1.82, 2.24) is 0 Å². The lowest BCUT2D eigenvalue weighted by Gasteiger charge is -2.38. The predicted octanol–water partition coefficient (Wildman–Crippen LogP) is 2.21. The van der Waals surface area contributed by atoms with Crippen LogP contribution in [-0.2, 0) is 14.2 Å². The number of nitrogens with zero attached hydrogens (tertiary/aromatic N) is 1. The Morgan fingerprint density at radius 3 is 2.67 bits per heavy atom. The molecule has 2 aliphatic heterocycles. The fourth-order valence-corrected chi connectivity index (χ4v) is 2.94. The second-order valence-electron chi connectivity index (χ2n) is 5.37. The second-order valence-corrected chi connectivity index (χ2v) is 5.37. The molecule has 0 aliphatic carbocycles. The highest BCUT2D eigenvalue weighted by molar-refractivity contribution is 5.90. The molecule has 21 heavy (non-hydrogen) atoms. The van der Waals surface area contributed by atoms with Crippen molar-refractivity contribution in [2.75, 3.05) is 37.8 Å². The number of benzene rings is 1. The molecule has 0 N–H and O–H groups in total. The van der Waals surface area contributed by atoms with E-state index in [4.69, 9.17) is 14.2 Å². The van der Waals surface area contributed by atoms with Crippen LogP contribution < -0.4 is 4.90 Å². The summed E-state index contributed by atoms with van der Waals surface area (Å²) in [5.74, 6) is -0.634. The first-order chi connectivity index (χ1) is 10.2. The zero-order valence-corrected chi connectivity index (χ0v) is 12.3. The number of ether oxygens (including phenoxy) is 3. The van der Waals surface area contributed by atoms with Gasteiger partial charge in [-0.05, 0) is 25.1 Å². The molecule has 0 amide bonds. The molecule has 2 aliphatic rings. The van der Waals surface area contributed by atoms with Crippen LogP contribution in [0.2, 0.25) is 0 Å².